The van der Waals surface area contributed by atoms with Gasteiger partial charge in [0.05, 0.1) is 4.90 Å². The Morgan fingerprint density at radius 1 is 0.838 bits per heavy atom. The topological polar surface area (TPSA) is 37.4 Å². The molecule has 3 aromatic carbocycles. The number of aryl methyl sites for hydroxylation is 2. The van der Waals surface area contributed by atoms with Crippen molar-refractivity contribution in [1.29, 1.82) is 0 Å². The van der Waals surface area contributed by atoms with E-state index in [9.17, 15) is 8.42 Å². The van der Waals surface area contributed by atoms with Gasteiger partial charge in [-0.25, -0.2) is 8.42 Å². The Bertz CT molecular complexity index is 1490. The van der Waals surface area contributed by atoms with Gasteiger partial charge >= 0.3 is 0 Å². The zero-order valence-corrected chi connectivity index (χ0v) is 23.0. The van der Waals surface area contributed by atoms with Crippen molar-refractivity contribution in [2.24, 2.45) is 11.8 Å². The van der Waals surface area contributed by atoms with Gasteiger partial charge in [-0.1, -0.05) is 95.6 Å². The molecule has 0 saturated carbocycles. The van der Waals surface area contributed by atoms with Crippen LogP contribution in [0.25, 0.3) is 5.57 Å². The molecule has 0 aromatic heterocycles. The summed E-state index contributed by atoms with van der Waals surface area (Å²) in [6.07, 6.45) is 0.786. The monoisotopic (exact) mass is 509 g/mol. The van der Waals surface area contributed by atoms with E-state index < -0.39 is 10.0 Å². The molecule has 3 nitrogen and oxygen atoms in total. The van der Waals surface area contributed by atoms with Gasteiger partial charge in [-0.15, -0.1) is 0 Å². The molecular weight excluding hydrogens is 474 g/mol. The first-order chi connectivity index (χ1) is 17.7. The molecule has 0 radical (unpaired) electrons. The maximum Gasteiger partial charge on any atom is 0.243 e. The Kier molecular flexibility index (Phi) is 6.82. The first-order valence-electron chi connectivity index (χ1n) is 12.9. The second-order valence-electron chi connectivity index (χ2n) is 10.7. The van der Waals surface area contributed by atoms with Gasteiger partial charge in [-0.05, 0) is 74.1 Å². The first-order valence-corrected chi connectivity index (χ1v) is 14.4. The second-order valence-corrected chi connectivity index (χ2v) is 12.6. The van der Waals surface area contributed by atoms with Gasteiger partial charge in [0.25, 0.3) is 0 Å². The highest BCUT2D eigenvalue weighted by Crippen LogP contribution is 2.51. The van der Waals surface area contributed by atoms with E-state index in [1.54, 1.807) is 16.4 Å². The zero-order chi connectivity index (χ0) is 26.3. The van der Waals surface area contributed by atoms with Crippen LogP contribution in [0, 0.1) is 25.7 Å². The Morgan fingerprint density at radius 3 is 2.00 bits per heavy atom. The summed E-state index contributed by atoms with van der Waals surface area (Å²) in [6.45, 7) is 13.9. The summed E-state index contributed by atoms with van der Waals surface area (Å²) in [5, 5.41) is 0. The summed E-state index contributed by atoms with van der Waals surface area (Å²) >= 11 is 0. The lowest BCUT2D eigenvalue weighted by Crippen LogP contribution is -2.29. The summed E-state index contributed by atoms with van der Waals surface area (Å²) in [7, 11) is -3.61. The van der Waals surface area contributed by atoms with Gasteiger partial charge in [0.1, 0.15) is 0 Å². The van der Waals surface area contributed by atoms with Crippen LogP contribution >= 0.6 is 0 Å². The molecule has 0 unspecified atom stereocenters. The Morgan fingerprint density at radius 2 is 1.41 bits per heavy atom. The summed E-state index contributed by atoms with van der Waals surface area (Å²) in [6, 6.07) is 26.4. The minimum absolute atomic E-state index is 0.0537. The lowest BCUT2D eigenvalue weighted by molar-refractivity contribution is 0.466. The fourth-order valence-corrected chi connectivity index (χ4v) is 7.36. The van der Waals surface area contributed by atoms with E-state index in [-0.39, 0.29) is 11.8 Å². The van der Waals surface area contributed by atoms with Gasteiger partial charge in [0.15, 0.2) is 0 Å². The molecule has 3 aromatic rings. The van der Waals surface area contributed by atoms with Crippen LogP contribution in [0.5, 0.6) is 0 Å². The minimum atomic E-state index is -3.61. The molecule has 0 bridgehead atoms. The second kappa shape index (κ2) is 9.92. The van der Waals surface area contributed by atoms with Crippen LogP contribution in [0.4, 0.5) is 0 Å². The average Bonchev–Trinajstić information content (AvgIpc) is 3.34. The molecule has 2 aliphatic rings. The number of hydrogen-bond donors (Lipinski definition) is 0. The number of benzene rings is 3. The fraction of sp³-hybridized carbons (Fsp3) is 0.273. The standard InChI is InChI=1S/C33H35NO2S/c1-22(2)32-25(5)30-20-34(37(35,36)28-17-13-24(4)14-18-28)21-31(30)29(19-26-15-11-23(3)12-16-26)33(32)27-9-7-6-8-10-27/h6-18,30-31H,5,19-21H2,1-4H3/t30-,31+/m1/s1. The SMILES string of the molecule is C=C1C(=C(C)C)C(c2ccccc2)=C(Cc2ccc(C)cc2)[C@@H]2CN(S(=O)(=O)c3ccc(C)cc3)C[C@H]12. The summed E-state index contributed by atoms with van der Waals surface area (Å²) in [4.78, 5) is 0.358. The smallest absolute Gasteiger partial charge is 0.207 e. The van der Waals surface area contributed by atoms with E-state index >= 15 is 0 Å². The van der Waals surface area contributed by atoms with Crippen LogP contribution < -0.4 is 0 Å². The molecule has 190 valence electrons. The van der Waals surface area contributed by atoms with Crippen LogP contribution in [0.15, 0.2) is 113 Å². The maximum atomic E-state index is 13.7. The molecule has 5 rings (SSSR count). The number of allylic oxidation sites excluding steroid dienone is 3. The molecule has 1 aliphatic heterocycles. The molecule has 0 spiro atoms. The van der Waals surface area contributed by atoms with E-state index in [1.807, 2.05) is 25.1 Å². The van der Waals surface area contributed by atoms with Crippen LogP contribution in [-0.2, 0) is 16.4 Å². The molecule has 2 atom stereocenters. The maximum absolute atomic E-state index is 13.7. The third-order valence-electron chi connectivity index (χ3n) is 7.81. The van der Waals surface area contributed by atoms with E-state index in [4.69, 9.17) is 0 Å². The van der Waals surface area contributed by atoms with Gasteiger partial charge in [0, 0.05) is 24.9 Å². The Hall–Kier alpha value is -3.21. The third-order valence-corrected chi connectivity index (χ3v) is 9.66. The van der Waals surface area contributed by atoms with Crippen LogP contribution in [0.2, 0.25) is 0 Å². The number of rotatable bonds is 5. The van der Waals surface area contributed by atoms with E-state index in [2.05, 4.69) is 75.9 Å². The van der Waals surface area contributed by atoms with Crippen molar-refractivity contribution in [2.45, 2.75) is 39.0 Å². The first kappa shape index (κ1) is 25.4. The van der Waals surface area contributed by atoms with E-state index in [0.717, 1.165) is 17.6 Å². The van der Waals surface area contributed by atoms with Crippen molar-refractivity contribution in [1.82, 2.24) is 4.31 Å². The highest BCUT2D eigenvalue weighted by Gasteiger charge is 2.46. The van der Waals surface area contributed by atoms with Crippen molar-refractivity contribution in [3.8, 4) is 0 Å². The number of hydrogen-bond acceptors (Lipinski definition) is 2. The molecule has 0 N–H and O–H groups in total. The van der Waals surface area contributed by atoms with Crippen LogP contribution in [0.1, 0.15) is 36.1 Å². The Labute approximate surface area is 221 Å². The van der Waals surface area contributed by atoms with Crippen molar-refractivity contribution < 1.29 is 8.42 Å². The highest BCUT2D eigenvalue weighted by atomic mass is 32.2. The molecular formula is C33H35NO2S. The minimum Gasteiger partial charge on any atom is -0.207 e. The molecule has 4 heteroatoms. The van der Waals surface area contributed by atoms with Crippen molar-refractivity contribution in [2.75, 3.05) is 13.1 Å². The van der Waals surface area contributed by atoms with Crippen molar-refractivity contribution in [3.63, 3.8) is 0 Å². The lowest BCUT2D eigenvalue weighted by atomic mass is 9.68. The quantitative estimate of drug-likeness (QED) is 0.366. The van der Waals surface area contributed by atoms with E-state index in [1.165, 1.54) is 39.0 Å². The molecule has 0 amide bonds. The summed E-state index contributed by atoms with van der Waals surface area (Å²) < 4.78 is 29.2. The molecule has 1 fully saturated rings. The summed E-state index contributed by atoms with van der Waals surface area (Å²) in [5.41, 5.74) is 10.7. The fourth-order valence-electron chi connectivity index (χ4n) is 5.87. The molecule has 1 aliphatic carbocycles. The Balaban J connectivity index is 1.65. The number of fused-ring (bicyclic) bond motifs is 1. The van der Waals surface area contributed by atoms with Crippen molar-refractivity contribution >= 4 is 15.6 Å². The average molecular weight is 510 g/mol. The summed E-state index contributed by atoms with van der Waals surface area (Å²) in [5.74, 6) is 0.130. The van der Waals surface area contributed by atoms with Gasteiger partial charge < -0.3 is 0 Å². The van der Waals surface area contributed by atoms with Gasteiger partial charge in [-0.2, -0.15) is 4.31 Å². The zero-order valence-electron chi connectivity index (χ0n) is 22.2. The number of nitrogens with zero attached hydrogens (tertiary/aromatic N) is 1. The number of sulfonamides is 1. The lowest BCUT2D eigenvalue weighted by Gasteiger charge is -2.36. The van der Waals surface area contributed by atoms with Gasteiger partial charge in [-0.3, -0.25) is 0 Å². The normalized spacial score (nSPS) is 20.3. The third kappa shape index (κ3) is 4.76. The molecule has 1 saturated heterocycles. The van der Waals surface area contributed by atoms with Crippen LogP contribution in [-0.4, -0.2) is 25.8 Å². The predicted molar refractivity (Wildman–Crippen MR) is 153 cm³/mol. The van der Waals surface area contributed by atoms with Crippen LogP contribution in [0.3, 0.4) is 0 Å². The molecule has 37 heavy (non-hydrogen) atoms. The predicted octanol–water partition coefficient (Wildman–Crippen LogP) is 7.14. The van der Waals surface area contributed by atoms with E-state index in [0.29, 0.717) is 18.0 Å². The highest BCUT2D eigenvalue weighted by molar-refractivity contribution is 7.89. The van der Waals surface area contributed by atoms with Gasteiger partial charge in [0.2, 0.25) is 10.0 Å². The largest absolute Gasteiger partial charge is 0.243 e. The van der Waals surface area contributed by atoms with Crippen molar-refractivity contribution in [3.05, 3.63) is 130 Å². The molecule has 1 heterocycles.